The van der Waals surface area contributed by atoms with Crippen molar-refractivity contribution in [3.63, 3.8) is 0 Å². The van der Waals surface area contributed by atoms with Crippen molar-refractivity contribution in [2.24, 2.45) is 4.99 Å². The lowest BCUT2D eigenvalue weighted by Crippen LogP contribution is -2.36. The molecule has 1 aromatic heterocycles. The number of carbonyl (C=O) groups excluding carboxylic acids is 1. The Morgan fingerprint density at radius 2 is 1.88 bits per heavy atom. The van der Waals surface area contributed by atoms with Crippen molar-refractivity contribution in [1.29, 1.82) is 0 Å². The number of hydrogen-bond donors (Lipinski definition) is 3. The predicted molar refractivity (Wildman–Crippen MR) is 135 cm³/mol. The largest absolute Gasteiger partial charge is 0.497 e. The van der Waals surface area contributed by atoms with E-state index in [1.54, 1.807) is 31.4 Å². The van der Waals surface area contributed by atoms with Gasteiger partial charge in [0.15, 0.2) is 0 Å². The predicted octanol–water partition coefficient (Wildman–Crippen LogP) is 5.58. The zero-order valence-electron chi connectivity index (χ0n) is 18.5. The number of H-pyrrole nitrogens is 1. The number of carbonyl (C=O) groups is 1. The number of aromatic nitrogens is 1. The molecule has 0 unspecified atom stereocenters. The molecule has 0 saturated heterocycles. The number of fused-ring (bicyclic) bond motifs is 1. The fraction of sp³-hybridized carbons (Fsp3) is 0.154. The van der Waals surface area contributed by atoms with Crippen molar-refractivity contribution in [3.05, 3.63) is 94.6 Å². The molecule has 3 N–H and O–H groups in total. The first kappa shape index (κ1) is 22.4. The van der Waals surface area contributed by atoms with Crippen LogP contribution >= 0.6 is 11.6 Å². The number of hydrogen-bond acceptors (Lipinski definition) is 3. The van der Waals surface area contributed by atoms with Crippen LogP contribution in [0.1, 0.15) is 21.5 Å². The minimum absolute atomic E-state index is 0.268. The number of guanidine groups is 1. The number of aryl methyl sites for hydroxylation is 1. The van der Waals surface area contributed by atoms with Gasteiger partial charge in [0.25, 0.3) is 5.91 Å². The van der Waals surface area contributed by atoms with Gasteiger partial charge < -0.3 is 15.0 Å². The number of benzene rings is 3. The third-order valence-electron chi connectivity index (χ3n) is 5.36. The molecule has 0 radical (unpaired) electrons. The summed E-state index contributed by atoms with van der Waals surface area (Å²) in [5.41, 5.74) is 4.54. The first-order valence-electron chi connectivity index (χ1n) is 10.6. The van der Waals surface area contributed by atoms with Crippen molar-refractivity contribution in [2.75, 3.05) is 19.0 Å². The summed E-state index contributed by atoms with van der Waals surface area (Å²) in [4.78, 5) is 20.8. The number of anilines is 1. The smallest absolute Gasteiger partial charge is 0.257 e. The summed E-state index contributed by atoms with van der Waals surface area (Å²) in [5.74, 6) is 0.781. The fourth-order valence-electron chi connectivity index (χ4n) is 3.52. The first-order valence-corrected chi connectivity index (χ1v) is 11.0. The van der Waals surface area contributed by atoms with Gasteiger partial charge in [-0.25, -0.2) is 0 Å². The van der Waals surface area contributed by atoms with E-state index >= 15 is 0 Å². The number of nitrogens with zero attached hydrogens (tertiary/aromatic N) is 1. The monoisotopic (exact) mass is 460 g/mol. The van der Waals surface area contributed by atoms with Gasteiger partial charge in [-0.05, 0) is 66.9 Å². The van der Waals surface area contributed by atoms with Crippen molar-refractivity contribution in [3.8, 4) is 5.75 Å². The van der Waals surface area contributed by atoms with Gasteiger partial charge in [0.1, 0.15) is 5.75 Å². The molecule has 7 heteroatoms. The van der Waals surface area contributed by atoms with Gasteiger partial charge >= 0.3 is 0 Å². The van der Waals surface area contributed by atoms with E-state index in [2.05, 4.69) is 26.7 Å². The van der Waals surface area contributed by atoms with E-state index < -0.39 is 0 Å². The summed E-state index contributed by atoms with van der Waals surface area (Å²) in [6, 6.07) is 20.6. The standard InChI is InChI=1S/C26H25ClN4O2/c1-17-7-10-20(27)15-24(17)30-26(31-25(32)18-8-11-21(33-2)12-9-18)28-14-13-19-16-29-23-6-4-3-5-22(19)23/h3-12,15-16,29H,13-14H2,1-2H3,(H2,28,30,31,32). The Morgan fingerprint density at radius 3 is 2.67 bits per heavy atom. The topological polar surface area (TPSA) is 78.5 Å². The zero-order chi connectivity index (χ0) is 23.2. The number of methoxy groups -OCH3 is 1. The SMILES string of the molecule is COc1ccc(C(=O)NC(=NCCc2c[nH]c3ccccc23)Nc2cc(Cl)ccc2C)cc1. The average Bonchev–Trinajstić information content (AvgIpc) is 3.24. The molecule has 0 saturated carbocycles. The third kappa shape index (κ3) is 5.54. The Balaban J connectivity index is 1.54. The van der Waals surface area contributed by atoms with Gasteiger partial charge in [-0.3, -0.25) is 15.1 Å². The second-order valence-corrected chi connectivity index (χ2v) is 8.04. The maximum Gasteiger partial charge on any atom is 0.257 e. The van der Waals surface area contributed by atoms with Crippen molar-refractivity contribution < 1.29 is 9.53 Å². The summed E-state index contributed by atoms with van der Waals surface area (Å²) < 4.78 is 5.17. The molecule has 168 valence electrons. The van der Waals surface area contributed by atoms with E-state index in [1.807, 2.05) is 49.5 Å². The van der Waals surface area contributed by atoms with Crippen LogP contribution in [-0.4, -0.2) is 30.5 Å². The molecule has 0 spiro atoms. The fourth-order valence-corrected chi connectivity index (χ4v) is 3.69. The highest BCUT2D eigenvalue weighted by Gasteiger charge is 2.11. The van der Waals surface area contributed by atoms with Gasteiger partial charge in [0.2, 0.25) is 5.96 Å². The van der Waals surface area contributed by atoms with Gasteiger partial charge in [0, 0.05) is 39.9 Å². The minimum atomic E-state index is -0.268. The normalized spacial score (nSPS) is 11.4. The van der Waals surface area contributed by atoms with E-state index in [4.69, 9.17) is 16.3 Å². The number of ether oxygens (including phenoxy) is 1. The number of para-hydroxylation sites is 1. The van der Waals surface area contributed by atoms with Crippen LogP contribution in [0.4, 0.5) is 5.69 Å². The van der Waals surface area contributed by atoms with Gasteiger partial charge in [-0.1, -0.05) is 35.9 Å². The molecular weight excluding hydrogens is 436 g/mol. The zero-order valence-corrected chi connectivity index (χ0v) is 19.2. The molecule has 1 amide bonds. The highest BCUT2D eigenvalue weighted by atomic mass is 35.5. The molecule has 0 fully saturated rings. The van der Waals surface area contributed by atoms with Crippen LogP contribution in [0, 0.1) is 6.92 Å². The van der Waals surface area contributed by atoms with E-state index in [9.17, 15) is 4.79 Å². The summed E-state index contributed by atoms with van der Waals surface area (Å²) in [7, 11) is 1.59. The van der Waals surface area contributed by atoms with Crippen LogP contribution in [-0.2, 0) is 6.42 Å². The molecular formula is C26H25ClN4O2. The second-order valence-electron chi connectivity index (χ2n) is 7.61. The highest BCUT2D eigenvalue weighted by molar-refractivity contribution is 6.31. The van der Waals surface area contributed by atoms with Crippen LogP contribution in [0.5, 0.6) is 5.75 Å². The molecule has 4 aromatic rings. The number of amides is 1. The third-order valence-corrected chi connectivity index (χ3v) is 5.60. The molecule has 0 atom stereocenters. The Hall–Kier alpha value is -3.77. The summed E-state index contributed by atoms with van der Waals surface area (Å²) >= 11 is 6.18. The Morgan fingerprint density at radius 1 is 1.09 bits per heavy atom. The summed E-state index contributed by atoms with van der Waals surface area (Å²) in [6.07, 6.45) is 2.73. The minimum Gasteiger partial charge on any atom is -0.497 e. The van der Waals surface area contributed by atoms with Crippen LogP contribution in [0.15, 0.2) is 77.9 Å². The molecule has 4 rings (SSSR count). The van der Waals surface area contributed by atoms with E-state index in [0.717, 1.165) is 23.2 Å². The number of rotatable bonds is 6. The molecule has 1 heterocycles. The highest BCUT2D eigenvalue weighted by Crippen LogP contribution is 2.21. The van der Waals surface area contributed by atoms with Gasteiger partial charge in [-0.2, -0.15) is 0 Å². The van der Waals surface area contributed by atoms with E-state index in [0.29, 0.717) is 28.8 Å². The van der Waals surface area contributed by atoms with Crippen LogP contribution in [0.25, 0.3) is 10.9 Å². The summed E-state index contributed by atoms with van der Waals surface area (Å²) in [6.45, 7) is 2.46. The average molecular weight is 461 g/mol. The Bertz CT molecular complexity index is 1300. The van der Waals surface area contributed by atoms with E-state index in [-0.39, 0.29) is 5.91 Å². The van der Waals surface area contributed by atoms with Crippen LogP contribution in [0.2, 0.25) is 5.02 Å². The molecule has 0 aliphatic carbocycles. The Kier molecular flexibility index (Phi) is 6.95. The van der Waals surface area contributed by atoms with Crippen LogP contribution in [0.3, 0.4) is 0 Å². The molecule has 0 bridgehead atoms. The van der Waals surface area contributed by atoms with E-state index in [1.165, 1.54) is 10.9 Å². The molecule has 0 aliphatic rings. The maximum absolute atomic E-state index is 12.9. The van der Waals surface area contributed by atoms with Crippen LogP contribution < -0.4 is 15.4 Å². The van der Waals surface area contributed by atoms with Crippen molar-refractivity contribution >= 4 is 40.1 Å². The number of aromatic amines is 1. The Labute approximate surface area is 197 Å². The lowest BCUT2D eigenvalue weighted by molar-refractivity contribution is 0.0977. The molecule has 33 heavy (non-hydrogen) atoms. The molecule has 3 aromatic carbocycles. The molecule has 6 nitrogen and oxygen atoms in total. The molecule has 0 aliphatic heterocycles. The van der Waals surface area contributed by atoms with Crippen molar-refractivity contribution in [1.82, 2.24) is 10.3 Å². The first-order chi connectivity index (χ1) is 16.0. The van der Waals surface area contributed by atoms with Gasteiger partial charge in [0.05, 0.1) is 7.11 Å². The number of nitrogens with one attached hydrogen (secondary N) is 3. The lowest BCUT2D eigenvalue weighted by atomic mass is 10.1. The number of halogens is 1. The quantitative estimate of drug-likeness (QED) is 0.259. The van der Waals surface area contributed by atoms with Gasteiger partial charge in [-0.15, -0.1) is 0 Å². The number of aliphatic imine (C=N–C) groups is 1. The lowest BCUT2D eigenvalue weighted by Gasteiger charge is -2.14. The summed E-state index contributed by atoms with van der Waals surface area (Å²) in [5, 5.41) is 7.90. The van der Waals surface area contributed by atoms with Crippen molar-refractivity contribution in [2.45, 2.75) is 13.3 Å². The maximum atomic E-state index is 12.9. The second kappa shape index (κ2) is 10.2.